The van der Waals surface area contributed by atoms with Gasteiger partial charge in [0.1, 0.15) is 11.3 Å². The topological polar surface area (TPSA) is 89.9 Å². The number of hydrogen-bond donors (Lipinski definition) is 2. The van der Waals surface area contributed by atoms with Crippen LogP contribution < -0.4 is 10.1 Å². The zero-order valence-corrected chi connectivity index (χ0v) is 17.1. The predicted molar refractivity (Wildman–Crippen MR) is 110 cm³/mol. The first-order chi connectivity index (χ1) is 13.7. The maximum atomic E-state index is 10.8. The standard InChI is InChI=1S/C14H16N2O5S.C6H12/c1-19-10-3-2-9(8-6-20-4-5-21-7-8)12-11(10)15-13(22-12)16-14(17)18;1-2-4-6-5-3-1/h2-3,8H,4-7H2,1H3,(H,15,16)(H,17,18);1-6H2. The van der Waals surface area contributed by atoms with Gasteiger partial charge in [0.2, 0.25) is 0 Å². The molecular formula is C20H28N2O5S. The first kappa shape index (κ1) is 20.8. The van der Waals surface area contributed by atoms with Crippen molar-refractivity contribution in [3.05, 3.63) is 17.7 Å². The molecule has 1 aliphatic carbocycles. The van der Waals surface area contributed by atoms with Gasteiger partial charge in [-0.2, -0.15) is 0 Å². The van der Waals surface area contributed by atoms with E-state index in [0.29, 0.717) is 42.8 Å². The molecule has 1 amide bonds. The number of ether oxygens (including phenoxy) is 3. The Kier molecular flexibility index (Phi) is 7.88. The number of aromatic nitrogens is 1. The van der Waals surface area contributed by atoms with Gasteiger partial charge in [0.05, 0.1) is 38.2 Å². The molecule has 154 valence electrons. The Hall–Kier alpha value is -1.90. The van der Waals surface area contributed by atoms with Crippen LogP contribution in [0, 0.1) is 0 Å². The van der Waals surface area contributed by atoms with Crippen LogP contribution in [0.4, 0.5) is 9.93 Å². The minimum Gasteiger partial charge on any atom is -0.494 e. The third kappa shape index (κ3) is 5.56. The van der Waals surface area contributed by atoms with Crippen molar-refractivity contribution >= 4 is 32.8 Å². The highest BCUT2D eigenvalue weighted by molar-refractivity contribution is 7.22. The van der Waals surface area contributed by atoms with Crippen molar-refractivity contribution < 1.29 is 24.1 Å². The van der Waals surface area contributed by atoms with E-state index in [1.807, 2.05) is 12.1 Å². The quantitative estimate of drug-likeness (QED) is 0.753. The number of hydrogen-bond acceptors (Lipinski definition) is 6. The van der Waals surface area contributed by atoms with Gasteiger partial charge in [0.15, 0.2) is 5.13 Å². The summed E-state index contributed by atoms with van der Waals surface area (Å²) in [5.41, 5.74) is 1.69. The highest BCUT2D eigenvalue weighted by Gasteiger charge is 2.22. The number of rotatable bonds is 3. The van der Waals surface area contributed by atoms with Crippen molar-refractivity contribution in [2.45, 2.75) is 44.4 Å². The van der Waals surface area contributed by atoms with Crippen LogP contribution in [0.25, 0.3) is 10.2 Å². The van der Waals surface area contributed by atoms with Crippen LogP contribution in [-0.2, 0) is 9.47 Å². The molecule has 1 aromatic heterocycles. The van der Waals surface area contributed by atoms with Crippen molar-refractivity contribution in [2.24, 2.45) is 0 Å². The van der Waals surface area contributed by atoms with Gasteiger partial charge in [-0.3, -0.25) is 5.32 Å². The molecule has 0 atom stereocenters. The van der Waals surface area contributed by atoms with Crippen molar-refractivity contribution in [3.8, 4) is 5.75 Å². The van der Waals surface area contributed by atoms with E-state index >= 15 is 0 Å². The van der Waals surface area contributed by atoms with Crippen LogP contribution in [-0.4, -0.2) is 49.7 Å². The number of amides is 1. The second-order valence-corrected chi connectivity index (χ2v) is 7.95. The number of thiazole rings is 1. The Bertz CT molecular complexity index is 756. The largest absolute Gasteiger partial charge is 0.494 e. The van der Waals surface area contributed by atoms with Gasteiger partial charge in [0.25, 0.3) is 0 Å². The lowest BCUT2D eigenvalue weighted by atomic mass is 10.0. The smallest absolute Gasteiger partial charge is 0.410 e. The lowest BCUT2D eigenvalue weighted by Crippen LogP contribution is -2.10. The van der Waals surface area contributed by atoms with Gasteiger partial charge >= 0.3 is 6.09 Å². The van der Waals surface area contributed by atoms with E-state index in [1.165, 1.54) is 49.9 Å². The molecule has 8 heteroatoms. The first-order valence-electron chi connectivity index (χ1n) is 9.82. The lowest BCUT2D eigenvalue weighted by molar-refractivity contribution is 0.103. The number of carbonyl (C=O) groups is 1. The maximum absolute atomic E-state index is 10.8. The van der Waals surface area contributed by atoms with Crippen LogP contribution in [0.3, 0.4) is 0 Å². The van der Waals surface area contributed by atoms with Gasteiger partial charge in [-0.25, -0.2) is 9.78 Å². The average molecular weight is 409 g/mol. The van der Waals surface area contributed by atoms with E-state index in [-0.39, 0.29) is 5.92 Å². The van der Waals surface area contributed by atoms with Crippen LogP contribution in [0.5, 0.6) is 5.75 Å². The molecule has 1 aromatic carbocycles. The van der Waals surface area contributed by atoms with E-state index in [1.54, 1.807) is 7.11 Å². The fraction of sp³-hybridized carbons (Fsp3) is 0.600. The molecule has 0 spiro atoms. The molecule has 2 fully saturated rings. The molecule has 2 aromatic rings. The summed E-state index contributed by atoms with van der Waals surface area (Å²) in [7, 11) is 1.57. The second kappa shape index (κ2) is 10.6. The Morgan fingerprint density at radius 1 is 1.14 bits per heavy atom. The Morgan fingerprint density at radius 2 is 1.75 bits per heavy atom. The summed E-state index contributed by atoms with van der Waals surface area (Å²) >= 11 is 1.29. The van der Waals surface area contributed by atoms with E-state index in [9.17, 15) is 4.79 Å². The third-order valence-corrected chi connectivity index (χ3v) is 5.94. The number of anilines is 1. The van der Waals surface area contributed by atoms with Crippen LogP contribution in [0.15, 0.2) is 12.1 Å². The average Bonchev–Trinajstić information content (AvgIpc) is 2.94. The highest BCUT2D eigenvalue weighted by Crippen LogP contribution is 2.38. The number of carboxylic acid groups (broad SMARTS) is 1. The van der Waals surface area contributed by atoms with Crippen LogP contribution >= 0.6 is 11.3 Å². The summed E-state index contributed by atoms with van der Waals surface area (Å²) in [6, 6.07) is 3.80. The predicted octanol–water partition coefficient (Wildman–Crippen LogP) is 4.87. The molecule has 2 heterocycles. The molecule has 0 unspecified atom stereocenters. The Labute approximate surface area is 169 Å². The molecule has 2 N–H and O–H groups in total. The molecule has 0 bridgehead atoms. The van der Waals surface area contributed by atoms with Gasteiger partial charge in [0, 0.05) is 5.92 Å². The van der Waals surface area contributed by atoms with Crippen LogP contribution in [0.2, 0.25) is 0 Å². The van der Waals surface area contributed by atoms with Crippen molar-refractivity contribution in [3.63, 3.8) is 0 Å². The SMILES string of the molecule is C1CCCCC1.COc1ccc(C2COCCOC2)c2sc(NC(=O)O)nc12. The lowest BCUT2D eigenvalue weighted by Gasteiger charge is -2.15. The molecule has 1 saturated heterocycles. The van der Waals surface area contributed by atoms with Crippen LogP contribution in [0.1, 0.15) is 50.0 Å². The fourth-order valence-corrected chi connectivity index (χ4v) is 4.56. The number of nitrogens with one attached hydrogen (secondary N) is 1. The highest BCUT2D eigenvalue weighted by atomic mass is 32.1. The number of methoxy groups -OCH3 is 1. The van der Waals surface area contributed by atoms with Gasteiger partial charge in [-0.1, -0.05) is 55.9 Å². The monoisotopic (exact) mass is 408 g/mol. The summed E-state index contributed by atoms with van der Waals surface area (Å²) in [4.78, 5) is 15.1. The molecule has 7 nitrogen and oxygen atoms in total. The normalized spacial score (nSPS) is 18.0. The van der Waals surface area contributed by atoms with Crippen molar-refractivity contribution in [1.82, 2.24) is 4.98 Å². The zero-order valence-electron chi connectivity index (χ0n) is 16.2. The molecule has 28 heavy (non-hydrogen) atoms. The minimum atomic E-state index is -1.14. The summed E-state index contributed by atoms with van der Waals surface area (Å²) in [5.74, 6) is 0.706. The first-order valence-corrected chi connectivity index (χ1v) is 10.6. The Morgan fingerprint density at radius 3 is 2.29 bits per heavy atom. The zero-order chi connectivity index (χ0) is 19.8. The van der Waals surface area contributed by atoms with E-state index in [0.717, 1.165) is 10.3 Å². The third-order valence-electron chi connectivity index (χ3n) is 4.92. The molecule has 4 rings (SSSR count). The fourth-order valence-electron chi connectivity index (χ4n) is 3.49. The Balaban J connectivity index is 0.000000320. The molecule has 2 aliphatic rings. The summed E-state index contributed by atoms with van der Waals surface area (Å²) in [6.45, 7) is 2.32. The number of nitrogens with zero attached hydrogens (tertiary/aromatic N) is 1. The number of fused-ring (bicyclic) bond motifs is 1. The van der Waals surface area contributed by atoms with Crippen molar-refractivity contribution in [1.29, 1.82) is 0 Å². The molecule has 1 aliphatic heterocycles. The summed E-state index contributed by atoms with van der Waals surface area (Å²) < 4.78 is 17.3. The maximum Gasteiger partial charge on any atom is 0.410 e. The van der Waals surface area contributed by atoms with E-state index < -0.39 is 6.09 Å². The molecular weight excluding hydrogens is 380 g/mol. The van der Waals surface area contributed by atoms with Gasteiger partial charge < -0.3 is 19.3 Å². The van der Waals surface area contributed by atoms with Crippen molar-refractivity contribution in [2.75, 3.05) is 38.9 Å². The van der Waals surface area contributed by atoms with Gasteiger partial charge in [-0.15, -0.1) is 0 Å². The van der Waals surface area contributed by atoms with E-state index in [2.05, 4.69) is 10.3 Å². The molecule has 1 saturated carbocycles. The summed E-state index contributed by atoms with van der Waals surface area (Å²) in [6.07, 6.45) is 7.86. The van der Waals surface area contributed by atoms with E-state index in [4.69, 9.17) is 19.3 Å². The summed E-state index contributed by atoms with van der Waals surface area (Å²) in [5, 5.41) is 11.5. The van der Waals surface area contributed by atoms with Gasteiger partial charge in [-0.05, 0) is 11.6 Å². The molecule has 0 radical (unpaired) electrons. The second-order valence-electron chi connectivity index (χ2n) is 6.95. The minimum absolute atomic E-state index is 0.0917. The number of benzene rings is 1.